The number of methoxy groups -OCH3 is 2. The molecule has 4 aromatic rings. The molecule has 0 spiro atoms. The number of hydrogen-bond donors (Lipinski definition) is 1. The summed E-state index contributed by atoms with van der Waals surface area (Å²) in [5, 5.41) is 7.96. The first-order valence-electron chi connectivity index (χ1n) is 9.79. The zero-order chi connectivity index (χ0) is 21.8. The van der Waals surface area contributed by atoms with E-state index in [2.05, 4.69) is 17.6 Å². The van der Waals surface area contributed by atoms with Crippen molar-refractivity contribution in [1.29, 1.82) is 0 Å². The standard InChI is InChI=1S/C24H24N4O2S/c1-16(2)12-26-24-28(27-14-17-13-25-21-8-6-5-7-19(17)21)22(15-31-24)20-10-9-18(29-3)11-23(20)30-4/h5-11,13-15,25H,1,12H2,2-4H3. The molecule has 0 saturated heterocycles. The van der Waals surface area contributed by atoms with E-state index >= 15 is 0 Å². The lowest BCUT2D eigenvalue weighted by Gasteiger charge is -2.10. The molecular weight excluding hydrogens is 408 g/mol. The zero-order valence-electron chi connectivity index (χ0n) is 17.8. The Kier molecular flexibility index (Phi) is 6.04. The van der Waals surface area contributed by atoms with Gasteiger partial charge in [0.2, 0.25) is 4.80 Å². The Labute approximate surface area is 184 Å². The minimum atomic E-state index is 0.544. The lowest BCUT2D eigenvalue weighted by molar-refractivity contribution is 0.395. The molecule has 0 saturated carbocycles. The summed E-state index contributed by atoms with van der Waals surface area (Å²) in [5.41, 5.74) is 4.87. The second kappa shape index (κ2) is 9.06. The third kappa shape index (κ3) is 4.32. The minimum Gasteiger partial charge on any atom is -0.497 e. The number of fused-ring (bicyclic) bond motifs is 1. The molecule has 0 amide bonds. The molecular formula is C24H24N4O2S. The van der Waals surface area contributed by atoms with Crippen molar-refractivity contribution in [3.63, 3.8) is 0 Å². The maximum atomic E-state index is 5.62. The summed E-state index contributed by atoms with van der Waals surface area (Å²) in [6, 6.07) is 13.9. The highest BCUT2D eigenvalue weighted by atomic mass is 32.1. The van der Waals surface area contributed by atoms with Crippen molar-refractivity contribution >= 4 is 28.5 Å². The lowest BCUT2D eigenvalue weighted by atomic mass is 10.1. The quantitative estimate of drug-likeness (QED) is 0.327. The van der Waals surface area contributed by atoms with Crippen molar-refractivity contribution in [2.75, 3.05) is 20.8 Å². The molecule has 2 aromatic carbocycles. The molecule has 4 rings (SSSR count). The van der Waals surface area contributed by atoms with Crippen LogP contribution in [0.2, 0.25) is 0 Å². The van der Waals surface area contributed by atoms with Gasteiger partial charge < -0.3 is 14.5 Å². The van der Waals surface area contributed by atoms with Crippen LogP contribution >= 0.6 is 11.3 Å². The summed E-state index contributed by atoms with van der Waals surface area (Å²) >= 11 is 1.53. The number of rotatable bonds is 7. The van der Waals surface area contributed by atoms with E-state index in [1.165, 1.54) is 11.3 Å². The molecule has 0 radical (unpaired) electrons. The monoisotopic (exact) mass is 432 g/mol. The normalized spacial score (nSPS) is 12.0. The van der Waals surface area contributed by atoms with E-state index in [1.807, 2.05) is 65.8 Å². The Bertz CT molecular complexity index is 1330. The Morgan fingerprint density at radius 3 is 2.81 bits per heavy atom. The van der Waals surface area contributed by atoms with Crippen LogP contribution in [-0.4, -0.2) is 36.6 Å². The topological polar surface area (TPSA) is 63.9 Å². The number of thiazole rings is 1. The highest BCUT2D eigenvalue weighted by molar-refractivity contribution is 7.07. The Morgan fingerprint density at radius 1 is 1.19 bits per heavy atom. The smallest absolute Gasteiger partial charge is 0.206 e. The van der Waals surface area contributed by atoms with E-state index in [0.717, 1.165) is 43.8 Å². The number of aromatic nitrogens is 2. The molecule has 6 nitrogen and oxygen atoms in total. The van der Waals surface area contributed by atoms with Gasteiger partial charge in [0.1, 0.15) is 11.5 Å². The van der Waals surface area contributed by atoms with Gasteiger partial charge in [0.15, 0.2) is 0 Å². The number of nitrogens with one attached hydrogen (secondary N) is 1. The number of aromatic amines is 1. The molecule has 7 heteroatoms. The molecule has 158 valence electrons. The Hall–Kier alpha value is -3.58. The molecule has 0 aliphatic heterocycles. The fourth-order valence-electron chi connectivity index (χ4n) is 3.24. The molecule has 0 bridgehead atoms. The van der Waals surface area contributed by atoms with Crippen molar-refractivity contribution in [1.82, 2.24) is 9.66 Å². The number of benzene rings is 2. The molecule has 0 atom stereocenters. The van der Waals surface area contributed by atoms with Gasteiger partial charge in [-0.3, -0.25) is 4.99 Å². The number of hydrogen-bond acceptors (Lipinski definition) is 5. The largest absolute Gasteiger partial charge is 0.497 e. The van der Waals surface area contributed by atoms with E-state index in [1.54, 1.807) is 14.2 Å². The average Bonchev–Trinajstić information content (AvgIpc) is 3.39. The van der Waals surface area contributed by atoms with Crippen LogP contribution in [0.15, 0.2) is 76.3 Å². The molecule has 2 aromatic heterocycles. The number of nitrogens with zero attached hydrogens (tertiary/aromatic N) is 3. The Morgan fingerprint density at radius 2 is 2.03 bits per heavy atom. The summed E-state index contributed by atoms with van der Waals surface area (Å²) in [6.07, 6.45) is 3.81. The van der Waals surface area contributed by atoms with Crippen molar-refractivity contribution in [2.45, 2.75) is 6.92 Å². The second-order valence-electron chi connectivity index (χ2n) is 7.09. The summed E-state index contributed by atoms with van der Waals surface area (Å²) in [5.74, 6) is 1.44. The molecule has 31 heavy (non-hydrogen) atoms. The second-order valence-corrected chi connectivity index (χ2v) is 7.93. The van der Waals surface area contributed by atoms with Crippen LogP contribution in [0, 0.1) is 0 Å². The zero-order valence-corrected chi connectivity index (χ0v) is 18.6. The van der Waals surface area contributed by atoms with Crippen molar-refractivity contribution in [3.8, 4) is 22.8 Å². The summed E-state index contributed by atoms with van der Waals surface area (Å²) < 4.78 is 12.8. The van der Waals surface area contributed by atoms with Gasteiger partial charge in [-0.1, -0.05) is 30.4 Å². The van der Waals surface area contributed by atoms with E-state index in [4.69, 9.17) is 19.6 Å². The van der Waals surface area contributed by atoms with Crippen LogP contribution < -0.4 is 14.3 Å². The van der Waals surface area contributed by atoms with E-state index in [-0.39, 0.29) is 0 Å². The van der Waals surface area contributed by atoms with Gasteiger partial charge >= 0.3 is 0 Å². The van der Waals surface area contributed by atoms with Gasteiger partial charge in [-0.2, -0.15) is 5.10 Å². The van der Waals surface area contributed by atoms with Crippen LogP contribution in [-0.2, 0) is 0 Å². The van der Waals surface area contributed by atoms with Gasteiger partial charge in [0.25, 0.3) is 0 Å². The summed E-state index contributed by atoms with van der Waals surface area (Å²) in [4.78, 5) is 8.77. The Balaban J connectivity index is 1.84. The van der Waals surface area contributed by atoms with Gasteiger partial charge in [0, 0.05) is 39.7 Å². The third-order valence-corrected chi connectivity index (χ3v) is 5.64. The first kappa shape index (κ1) is 20.7. The van der Waals surface area contributed by atoms with Gasteiger partial charge in [-0.25, -0.2) is 4.68 Å². The van der Waals surface area contributed by atoms with Crippen LogP contribution in [0.4, 0.5) is 0 Å². The highest BCUT2D eigenvalue weighted by Gasteiger charge is 2.14. The highest BCUT2D eigenvalue weighted by Crippen LogP contribution is 2.33. The van der Waals surface area contributed by atoms with Crippen molar-refractivity contribution in [2.24, 2.45) is 10.1 Å². The molecule has 1 N–H and O–H groups in total. The third-order valence-electron chi connectivity index (χ3n) is 4.79. The average molecular weight is 433 g/mol. The molecule has 0 unspecified atom stereocenters. The summed E-state index contributed by atoms with van der Waals surface area (Å²) in [7, 11) is 3.29. The summed E-state index contributed by atoms with van der Waals surface area (Å²) in [6.45, 7) is 6.46. The maximum Gasteiger partial charge on any atom is 0.206 e. The van der Waals surface area contributed by atoms with Crippen molar-refractivity contribution < 1.29 is 9.47 Å². The molecule has 0 fully saturated rings. The maximum absolute atomic E-state index is 5.62. The fourth-order valence-corrected chi connectivity index (χ4v) is 4.07. The van der Waals surface area contributed by atoms with E-state index in [0.29, 0.717) is 12.3 Å². The van der Waals surface area contributed by atoms with Crippen LogP contribution in [0.25, 0.3) is 22.2 Å². The van der Waals surface area contributed by atoms with Gasteiger partial charge in [0.05, 0.1) is 32.7 Å². The molecule has 2 heterocycles. The van der Waals surface area contributed by atoms with Crippen LogP contribution in [0.5, 0.6) is 11.5 Å². The predicted octanol–water partition coefficient (Wildman–Crippen LogP) is 5.07. The number of para-hydroxylation sites is 1. The predicted molar refractivity (Wildman–Crippen MR) is 127 cm³/mol. The first-order valence-corrected chi connectivity index (χ1v) is 10.7. The number of ether oxygens (including phenoxy) is 2. The van der Waals surface area contributed by atoms with E-state index < -0.39 is 0 Å². The van der Waals surface area contributed by atoms with Crippen LogP contribution in [0.1, 0.15) is 12.5 Å². The number of H-pyrrole nitrogens is 1. The van der Waals surface area contributed by atoms with Crippen molar-refractivity contribution in [3.05, 3.63) is 76.6 Å². The van der Waals surface area contributed by atoms with Gasteiger partial charge in [-0.05, 0) is 25.1 Å². The fraction of sp³-hybridized carbons (Fsp3) is 0.167. The first-order chi connectivity index (χ1) is 15.1. The van der Waals surface area contributed by atoms with Gasteiger partial charge in [-0.15, -0.1) is 11.3 Å². The lowest BCUT2D eigenvalue weighted by Crippen LogP contribution is -2.13. The molecule has 0 aliphatic carbocycles. The van der Waals surface area contributed by atoms with E-state index in [9.17, 15) is 0 Å². The minimum absolute atomic E-state index is 0.544. The SMILES string of the molecule is C=C(C)CN=c1scc(-c2ccc(OC)cc2OC)n1N=Cc1c[nH]c2ccccc12. The van der Waals surface area contributed by atoms with Crippen LogP contribution in [0.3, 0.4) is 0 Å². The molecule has 0 aliphatic rings.